The highest BCUT2D eigenvalue weighted by molar-refractivity contribution is 6.00. The van der Waals surface area contributed by atoms with Crippen LogP contribution in [0.15, 0.2) is 121 Å². The van der Waals surface area contributed by atoms with E-state index in [-0.39, 0.29) is 5.41 Å². The lowest BCUT2D eigenvalue weighted by molar-refractivity contribution is 0.660. The Labute approximate surface area is 221 Å². The molecule has 0 aliphatic heterocycles. The summed E-state index contributed by atoms with van der Waals surface area (Å²) in [6.07, 6.45) is 0. The summed E-state index contributed by atoms with van der Waals surface area (Å²) in [6.45, 7) is 4.66. The van der Waals surface area contributed by atoms with Crippen LogP contribution in [0.5, 0.6) is 0 Å². The van der Waals surface area contributed by atoms with Gasteiger partial charge in [-0.2, -0.15) is 0 Å². The molecule has 0 unspecified atom stereocenters. The van der Waals surface area contributed by atoms with Gasteiger partial charge in [0.2, 0.25) is 0 Å². The lowest BCUT2D eigenvalue weighted by Gasteiger charge is -2.21. The highest BCUT2D eigenvalue weighted by Crippen LogP contribution is 2.49. The number of hydrogen-bond acceptors (Lipinski definition) is 1. The summed E-state index contributed by atoms with van der Waals surface area (Å²) in [4.78, 5) is 5.30. The second kappa shape index (κ2) is 7.66. The standard InChI is InChI=1S/C36H26N2/c1-36(2)30-16-8-7-15-28(30)29-20-26(18-19-31(29)36)35-37-32-21-24-11-3-4-12-25(24)22-34(32)38(35)33-17-9-13-23-10-5-6-14-27(23)33/h3-22H,1-2H3. The normalized spacial score (nSPS) is 13.7. The van der Waals surface area contributed by atoms with Gasteiger partial charge in [0.15, 0.2) is 0 Å². The molecule has 0 N–H and O–H groups in total. The van der Waals surface area contributed by atoms with Crippen molar-refractivity contribution >= 4 is 32.6 Å². The molecule has 0 radical (unpaired) electrons. The van der Waals surface area contributed by atoms with Gasteiger partial charge in [-0.1, -0.05) is 111 Å². The van der Waals surface area contributed by atoms with Crippen LogP contribution in [0.3, 0.4) is 0 Å². The molecule has 2 nitrogen and oxygen atoms in total. The third kappa shape index (κ3) is 2.92. The largest absolute Gasteiger partial charge is 0.292 e. The summed E-state index contributed by atoms with van der Waals surface area (Å²) < 4.78 is 2.36. The van der Waals surface area contributed by atoms with Gasteiger partial charge >= 0.3 is 0 Å². The molecule has 0 fully saturated rings. The van der Waals surface area contributed by atoms with Crippen LogP contribution in [0, 0.1) is 0 Å². The first kappa shape index (κ1) is 21.4. The first-order valence-corrected chi connectivity index (χ1v) is 13.2. The summed E-state index contributed by atoms with van der Waals surface area (Å²) in [7, 11) is 0. The number of rotatable bonds is 2. The summed E-state index contributed by atoms with van der Waals surface area (Å²) in [6, 6.07) is 44.0. The van der Waals surface area contributed by atoms with Crippen molar-refractivity contribution in [2.24, 2.45) is 0 Å². The lowest BCUT2D eigenvalue weighted by atomic mass is 9.82. The Morgan fingerprint density at radius 1 is 0.579 bits per heavy atom. The van der Waals surface area contributed by atoms with Crippen molar-refractivity contribution in [3.05, 3.63) is 132 Å². The third-order valence-corrected chi connectivity index (χ3v) is 8.37. The molecule has 1 aliphatic carbocycles. The topological polar surface area (TPSA) is 17.8 Å². The van der Waals surface area contributed by atoms with E-state index in [1.807, 2.05) is 0 Å². The monoisotopic (exact) mass is 486 g/mol. The second-order valence-corrected chi connectivity index (χ2v) is 10.9. The van der Waals surface area contributed by atoms with Crippen LogP contribution in [0.25, 0.3) is 60.8 Å². The Bertz CT molecular complexity index is 2050. The van der Waals surface area contributed by atoms with Gasteiger partial charge in [0, 0.05) is 16.4 Å². The van der Waals surface area contributed by atoms with Crippen LogP contribution in [-0.2, 0) is 5.41 Å². The fourth-order valence-corrected chi connectivity index (χ4v) is 6.46. The molecule has 0 saturated heterocycles. The first-order valence-electron chi connectivity index (χ1n) is 13.2. The third-order valence-electron chi connectivity index (χ3n) is 8.37. The molecule has 6 aromatic carbocycles. The maximum Gasteiger partial charge on any atom is 0.145 e. The van der Waals surface area contributed by atoms with Gasteiger partial charge in [-0.3, -0.25) is 4.57 Å². The van der Waals surface area contributed by atoms with E-state index in [0.29, 0.717) is 0 Å². The maximum atomic E-state index is 5.30. The molecule has 180 valence electrons. The van der Waals surface area contributed by atoms with E-state index in [2.05, 4.69) is 140 Å². The van der Waals surface area contributed by atoms with E-state index in [4.69, 9.17) is 4.98 Å². The number of imidazole rings is 1. The molecule has 0 amide bonds. The number of fused-ring (bicyclic) bond motifs is 6. The van der Waals surface area contributed by atoms with Crippen LogP contribution in [0.4, 0.5) is 0 Å². The lowest BCUT2D eigenvalue weighted by Crippen LogP contribution is -2.14. The fourth-order valence-electron chi connectivity index (χ4n) is 6.46. The Morgan fingerprint density at radius 3 is 2.13 bits per heavy atom. The first-order chi connectivity index (χ1) is 18.6. The minimum Gasteiger partial charge on any atom is -0.292 e. The van der Waals surface area contributed by atoms with E-state index >= 15 is 0 Å². The van der Waals surface area contributed by atoms with Crippen molar-refractivity contribution in [2.45, 2.75) is 19.3 Å². The predicted octanol–water partition coefficient (Wildman–Crippen LogP) is 9.31. The Balaban J connectivity index is 1.46. The number of benzene rings is 6. The van der Waals surface area contributed by atoms with Gasteiger partial charge in [0.1, 0.15) is 5.82 Å². The molecule has 0 atom stereocenters. The summed E-state index contributed by atoms with van der Waals surface area (Å²) in [5.74, 6) is 0.969. The molecule has 1 aromatic heterocycles. The predicted molar refractivity (Wildman–Crippen MR) is 159 cm³/mol. The van der Waals surface area contributed by atoms with Crippen molar-refractivity contribution in [3.8, 4) is 28.2 Å². The zero-order valence-corrected chi connectivity index (χ0v) is 21.4. The molecular formula is C36H26N2. The highest BCUT2D eigenvalue weighted by atomic mass is 15.1. The molecule has 38 heavy (non-hydrogen) atoms. The summed E-state index contributed by atoms with van der Waals surface area (Å²) in [5, 5.41) is 4.87. The van der Waals surface area contributed by atoms with Gasteiger partial charge in [0.25, 0.3) is 0 Å². The van der Waals surface area contributed by atoms with Gasteiger partial charge in [-0.25, -0.2) is 4.98 Å². The summed E-state index contributed by atoms with van der Waals surface area (Å²) >= 11 is 0. The molecule has 0 bridgehead atoms. The second-order valence-electron chi connectivity index (χ2n) is 10.9. The van der Waals surface area contributed by atoms with Crippen LogP contribution in [0.2, 0.25) is 0 Å². The zero-order valence-electron chi connectivity index (χ0n) is 21.4. The minimum absolute atomic E-state index is 0.0159. The van der Waals surface area contributed by atoms with Crippen LogP contribution >= 0.6 is 0 Å². The van der Waals surface area contributed by atoms with Gasteiger partial charge < -0.3 is 0 Å². The van der Waals surface area contributed by atoms with Crippen LogP contribution < -0.4 is 0 Å². The Morgan fingerprint density at radius 2 is 1.26 bits per heavy atom. The van der Waals surface area contributed by atoms with E-state index in [0.717, 1.165) is 28.1 Å². The highest BCUT2D eigenvalue weighted by Gasteiger charge is 2.35. The van der Waals surface area contributed by atoms with E-state index in [9.17, 15) is 0 Å². The molecule has 0 saturated carbocycles. The zero-order chi connectivity index (χ0) is 25.4. The molecular weight excluding hydrogens is 460 g/mol. The van der Waals surface area contributed by atoms with E-state index in [1.54, 1.807) is 0 Å². The van der Waals surface area contributed by atoms with Crippen LogP contribution in [0.1, 0.15) is 25.0 Å². The van der Waals surface area contributed by atoms with Gasteiger partial charge in [-0.15, -0.1) is 0 Å². The number of aromatic nitrogens is 2. The molecule has 8 rings (SSSR count). The van der Waals surface area contributed by atoms with Crippen LogP contribution in [-0.4, -0.2) is 9.55 Å². The smallest absolute Gasteiger partial charge is 0.145 e. The number of nitrogens with zero attached hydrogens (tertiary/aromatic N) is 2. The SMILES string of the molecule is CC1(C)c2ccccc2-c2cc(-c3nc4cc5ccccc5cc4n3-c3cccc4ccccc34)ccc21. The quantitative estimate of drug-likeness (QED) is 0.238. The molecule has 1 aliphatic rings. The van der Waals surface area contributed by atoms with Gasteiger partial charge in [-0.05, 0) is 62.7 Å². The maximum absolute atomic E-state index is 5.30. The molecule has 7 aromatic rings. The average molecular weight is 487 g/mol. The fraction of sp³-hybridized carbons (Fsp3) is 0.0833. The van der Waals surface area contributed by atoms with Gasteiger partial charge in [0.05, 0.1) is 16.7 Å². The minimum atomic E-state index is -0.0159. The molecule has 2 heteroatoms. The van der Waals surface area contributed by atoms with Crippen molar-refractivity contribution in [3.63, 3.8) is 0 Å². The Kier molecular flexibility index (Phi) is 4.31. The van der Waals surface area contributed by atoms with E-state index in [1.165, 1.54) is 43.8 Å². The van der Waals surface area contributed by atoms with Crippen molar-refractivity contribution in [2.75, 3.05) is 0 Å². The molecule has 0 spiro atoms. The molecule has 1 heterocycles. The van der Waals surface area contributed by atoms with E-state index < -0.39 is 0 Å². The summed E-state index contributed by atoms with van der Waals surface area (Å²) in [5.41, 5.74) is 9.79. The van der Waals surface area contributed by atoms with Crippen molar-refractivity contribution in [1.82, 2.24) is 9.55 Å². The Hall–Kier alpha value is -4.69. The van der Waals surface area contributed by atoms with Crippen molar-refractivity contribution in [1.29, 1.82) is 0 Å². The average Bonchev–Trinajstić information content (AvgIpc) is 3.43. The number of hydrogen-bond donors (Lipinski definition) is 0. The van der Waals surface area contributed by atoms with Crippen molar-refractivity contribution < 1.29 is 0 Å².